The maximum atomic E-state index is 14.1. The Kier molecular flexibility index (Phi) is 4.29. The summed E-state index contributed by atoms with van der Waals surface area (Å²) >= 11 is 3.40. The monoisotopic (exact) mass is 351 g/mol. The number of aromatic nitrogens is 2. The van der Waals surface area contributed by atoms with Gasteiger partial charge in [-0.15, -0.1) is 0 Å². The molecule has 1 saturated carbocycles. The average Bonchev–Trinajstić information content (AvgIpc) is 2.83. The molecule has 0 radical (unpaired) electrons. The van der Waals surface area contributed by atoms with Crippen molar-refractivity contribution < 1.29 is 4.39 Å². The number of aryl methyl sites for hydroxylation is 1. The highest BCUT2D eigenvalue weighted by Crippen LogP contribution is 2.26. The van der Waals surface area contributed by atoms with Crippen LogP contribution in [0.5, 0.6) is 0 Å². The Morgan fingerprint density at radius 2 is 2.05 bits per heavy atom. The fourth-order valence-electron chi connectivity index (χ4n) is 2.88. The number of nitrogens with one attached hydrogen (secondary N) is 1. The molecule has 1 aliphatic carbocycles. The summed E-state index contributed by atoms with van der Waals surface area (Å²) in [6.45, 7) is 1.93. The molecular weight excluding hydrogens is 333 g/mol. The van der Waals surface area contributed by atoms with Gasteiger partial charge in [0.05, 0.1) is 11.4 Å². The van der Waals surface area contributed by atoms with Crippen LogP contribution in [0.15, 0.2) is 28.9 Å². The molecule has 0 bridgehead atoms. The predicted octanol–water partition coefficient (Wildman–Crippen LogP) is 4.83. The van der Waals surface area contributed by atoms with E-state index in [1.54, 1.807) is 12.1 Å². The second-order valence-electron chi connectivity index (χ2n) is 5.65. The molecule has 1 N–H and O–H groups in total. The van der Waals surface area contributed by atoms with E-state index in [0.29, 0.717) is 11.7 Å². The first kappa shape index (κ1) is 14.6. The zero-order valence-corrected chi connectivity index (χ0v) is 13.7. The summed E-state index contributed by atoms with van der Waals surface area (Å²) in [5, 5.41) is 3.49. The molecule has 0 aliphatic heterocycles. The first-order valence-corrected chi connectivity index (χ1v) is 8.21. The van der Waals surface area contributed by atoms with Crippen LogP contribution < -0.4 is 5.32 Å². The molecule has 1 heterocycles. The van der Waals surface area contributed by atoms with E-state index in [-0.39, 0.29) is 5.82 Å². The van der Waals surface area contributed by atoms with E-state index in [2.05, 4.69) is 26.2 Å². The maximum absolute atomic E-state index is 14.1. The van der Waals surface area contributed by atoms with E-state index in [1.807, 2.05) is 17.7 Å². The Morgan fingerprint density at radius 3 is 2.81 bits per heavy atom. The number of nitrogens with zero attached hydrogens (tertiary/aromatic N) is 2. The number of hydrogen-bond donors (Lipinski definition) is 1. The molecule has 1 aliphatic rings. The van der Waals surface area contributed by atoms with Crippen LogP contribution in [0, 0.1) is 12.7 Å². The van der Waals surface area contributed by atoms with E-state index in [0.717, 1.165) is 29.0 Å². The molecule has 2 aromatic rings. The van der Waals surface area contributed by atoms with Crippen LogP contribution in [0.1, 0.15) is 37.8 Å². The third-order valence-corrected chi connectivity index (χ3v) is 4.43. The summed E-state index contributed by atoms with van der Waals surface area (Å²) in [6, 6.07) is 5.40. The third kappa shape index (κ3) is 3.28. The van der Waals surface area contributed by atoms with Gasteiger partial charge in [0.25, 0.3) is 0 Å². The van der Waals surface area contributed by atoms with Gasteiger partial charge in [0.2, 0.25) is 5.95 Å². The van der Waals surface area contributed by atoms with Gasteiger partial charge in [0, 0.05) is 16.7 Å². The molecule has 0 spiro atoms. The van der Waals surface area contributed by atoms with Crippen molar-refractivity contribution in [2.75, 3.05) is 5.32 Å². The largest absolute Gasteiger partial charge is 0.353 e. The van der Waals surface area contributed by atoms with Crippen molar-refractivity contribution in [1.29, 1.82) is 0 Å². The number of imidazole rings is 1. The van der Waals surface area contributed by atoms with E-state index >= 15 is 0 Å². The van der Waals surface area contributed by atoms with Crippen molar-refractivity contribution in [2.24, 2.45) is 0 Å². The van der Waals surface area contributed by atoms with Crippen LogP contribution in [0.25, 0.3) is 5.69 Å². The summed E-state index contributed by atoms with van der Waals surface area (Å²) in [7, 11) is 0. The topological polar surface area (TPSA) is 29.9 Å². The second kappa shape index (κ2) is 6.18. The van der Waals surface area contributed by atoms with Crippen molar-refractivity contribution in [2.45, 2.75) is 45.1 Å². The summed E-state index contributed by atoms with van der Waals surface area (Å²) in [6.07, 6.45) is 8.01. The molecule has 5 heteroatoms. The smallest absolute Gasteiger partial charge is 0.208 e. The Bertz CT molecular complexity index is 632. The third-order valence-electron chi connectivity index (χ3n) is 3.93. The quantitative estimate of drug-likeness (QED) is 0.858. The van der Waals surface area contributed by atoms with Gasteiger partial charge >= 0.3 is 0 Å². The summed E-state index contributed by atoms with van der Waals surface area (Å²) in [5.74, 6) is 0.485. The lowest BCUT2D eigenvalue weighted by Gasteiger charge is -2.23. The van der Waals surface area contributed by atoms with Gasteiger partial charge in [-0.2, -0.15) is 0 Å². The Morgan fingerprint density at radius 1 is 1.29 bits per heavy atom. The van der Waals surface area contributed by atoms with E-state index in [1.165, 1.54) is 25.3 Å². The molecule has 112 valence electrons. The zero-order chi connectivity index (χ0) is 14.8. The fraction of sp³-hybridized carbons (Fsp3) is 0.438. The first-order valence-electron chi connectivity index (χ1n) is 7.41. The van der Waals surface area contributed by atoms with Crippen molar-refractivity contribution in [1.82, 2.24) is 9.55 Å². The number of halogens is 2. The minimum Gasteiger partial charge on any atom is -0.353 e. The average molecular weight is 352 g/mol. The minimum absolute atomic E-state index is 0.248. The van der Waals surface area contributed by atoms with Gasteiger partial charge < -0.3 is 5.32 Å². The number of benzene rings is 1. The van der Waals surface area contributed by atoms with Crippen LogP contribution in [0.3, 0.4) is 0 Å². The van der Waals surface area contributed by atoms with Gasteiger partial charge in [-0.3, -0.25) is 4.57 Å². The Labute approximate surface area is 132 Å². The van der Waals surface area contributed by atoms with Gasteiger partial charge in [-0.25, -0.2) is 9.37 Å². The van der Waals surface area contributed by atoms with Gasteiger partial charge in [-0.05, 0) is 38.0 Å². The first-order chi connectivity index (χ1) is 10.1. The van der Waals surface area contributed by atoms with Crippen molar-refractivity contribution in [3.8, 4) is 5.69 Å². The minimum atomic E-state index is -0.248. The molecule has 3 nitrogen and oxygen atoms in total. The van der Waals surface area contributed by atoms with Crippen molar-refractivity contribution in [3.63, 3.8) is 0 Å². The van der Waals surface area contributed by atoms with Gasteiger partial charge in [0.1, 0.15) is 5.82 Å². The number of anilines is 1. The highest BCUT2D eigenvalue weighted by atomic mass is 79.9. The molecule has 1 aromatic heterocycles. The van der Waals surface area contributed by atoms with Crippen LogP contribution in [0.4, 0.5) is 10.3 Å². The lowest BCUT2D eigenvalue weighted by molar-refractivity contribution is 0.460. The highest BCUT2D eigenvalue weighted by Gasteiger charge is 2.17. The molecule has 1 aromatic carbocycles. The summed E-state index contributed by atoms with van der Waals surface area (Å²) < 4.78 is 16.8. The highest BCUT2D eigenvalue weighted by molar-refractivity contribution is 9.10. The van der Waals surface area contributed by atoms with Crippen LogP contribution in [0.2, 0.25) is 0 Å². The number of hydrogen-bond acceptors (Lipinski definition) is 2. The summed E-state index contributed by atoms with van der Waals surface area (Å²) in [5.41, 5.74) is 1.40. The van der Waals surface area contributed by atoms with Crippen molar-refractivity contribution in [3.05, 3.63) is 40.4 Å². The maximum Gasteiger partial charge on any atom is 0.208 e. The van der Waals surface area contributed by atoms with Crippen LogP contribution >= 0.6 is 15.9 Å². The Balaban J connectivity index is 1.93. The second-order valence-corrected chi connectivity index (χ2v) is 6.57. The molecular formula is C16H19BrFN3. The lowest BCUT2D eigenvalue weighted by atomic mass is 9.96. The molecule has 0 unspecified atom stereocenters. The van der Waals surface area contributed by atoms with E-state index < -0.39 is 0 Å². The number of rotatable bonds is 3. The molecule has 0 atom stereocenters. The fourth-order valence-corrected chi connectivity index (χ4v) is 3.23. The lowest BCUT2D eigenvalue weighted by Crippen LogP contribution is -2.24. The molecule has 3 rings (SSSR count). The van der Waals surface area contributed by atoms with E-state index in [9.17, 15) is 4.39 Å². The van der Waals surface area contributed by atoms with Gasteiger partial charge in [-0.1, -0.05) is 35.2 Å². The van der Waals surface area contributed by atoms with Crippen LogP contribution in [-0.4, -0.2) is 15.6 Å². The molecule has 21 heavy (non-hydrogen) atoms. The molecule has 1 fully saturated rings. The SMILES string of the molecule is Cc1cn(-c2cc(Br)ccc2F)c(NC2CCCCC2)n1. The Hall–Kier alpha value is -1.36. The summed E-state index contributed by atoms with van der Waals surface area (Å²) in [4.78, 5) is 4.52. The standard InChI is InChI=1S/C16H19BrFN3/c1-11-10-21(15-9-12(17)7-8-14(15)18)16(19-11)20-13-5-3-2-4-6-13/h7-10,13H,2-6H2,1H3,(H,19,20). The van der Waals surface area contributed by atoms with Crippen molar-refractivity contribution >= 4 is 21.9 Å². The van der Waals surface area contributed by atoms with Crippen LogP contribution in [-0.2, 0) is 0 Å². The van der Waals surface area contributed by atoms with Gasteiger partial charge in [0.15, 0.2) is 0 Å². The van der Waals surface area contributed by atoms with E-state index in [4.69, 9.17) is 0 Å². The predicted molar refractivity (Wildman–Crippen MR) is 86.5 cm³/mol. The molecule has 0 saturated heterocycles. The molecule has 0 amide bonds. The zero-order valence-electron chi connectivity index (χ0n) is 12.1. The normalized spacial score (nSPS) is 16.1.